The summed E-state index contributed by atoms with van der Waals surface area (Å²) in [6, 6.07) is 0.0755. The maximum atomic E-state index is 11.6. The first-order valence-corrected chi connectivity index (χ1v) is 5.50. The summed E-state index contributed by atoms with van der Waals surface area (Å²) in [5.41, 5.74) is 0. The Morgan fingerprint density at radius 1 is 1.44 bits per heavy atom. The first-order valence-electron chi connectivity index (χ1n) is 5.50. The second kappa shape index (κ2) is 8.02. The fraction of sp³-hybridized carbons (Fsp3) is 0.818. The van der Waals surface area contributed by atoms with Crippen molar-refractivity contribution >= 4 is 12.1 Å². The maximum absolute atomic E-state index is 11.6. The summed E-state index contributed by atoms with van der Waals surface area (Å²) >= 11 is 0. The van der Waals surface area contributed by atoms with Crippen LogP contribution < -0.4 is 5.32 Å². The zero-order valence-electron chi connectivity index (χ0n) is 10.2. The van der Waals surface area contributed by atoms with Crippen LogP contribution in [-0.2, 0) is 14.4 Å². The van der Waals surface area contributed by atoms with Crippen LogP contribution in [0.4, 0.5) is 0 Å². The number of likely N-dealkylation sites (N-methyl/N-ethyl adjacent to an activating group) is 1. The largest absolute Gasteiger partial charge is 0.373 e. The zero-order valence-corrected chi connectivity index (χ0v) is 10.2. The molecule has 1 fully saturated rings. The molecule has 0 aromatic rings. The highest BCUT2D eigenvalue weighted by molar-refractivity contribution is 5.81. The normalized spacial score (nSPS) is 22.9. The van der Waals surface area contributed by atoms with Crippen LogP contribution >= 0.6 is 0 Å². The molecule has 1 amide bonds. The summed E-state index contributed by atoms with van der Waals surface area (Å²) in [4.78, 5) is 29.5. The molecule has 1 aliphatic heterocycles. The van der Waals surface area contributed by atoms with Crippen molar-refractivity contribution in [1.82, 2.24) is 10.2 Å². The molecular formula is C11H20N2O3. The minimum atomic E-state index is 0.0755. The van der Waals surface area contributed by atoms with Crippen molar-refractivity contribution in [2.45, 2.75) is 32.2 Å². The molecule has 2 atom stereocenters. The Labute approximate surface area is 96.2 Å². The van der Waals surface area contributed by atoms with E-state index in [-0.39, 0.29) is 18.1 Å². The smallest absolute Gasteiger partial charge is 0.347 e. The van der Waals surface area contributed by atoms with E-state index in [1.807, 2.05) is 14.1 Å². The number of hydrogen-bond donors (Lipinski definition) is 1. The van der Waals surface area contributed by atoms with Crippen molar-refractivity contribution < 1.29 is 14.4 Å². The molecule has 16 heavy (non-hydrogen) atoms. The predicted octanol–water partition coefficient (Wildman–Crippen LogP) is 0.269. The van der Waals surface area contributed by atoms with Crippen molar-refractivity contribution in [2.24, 2.45) is 5.92 Å². The summed E-state index contributed by atoms with van der Waals surface area (Å²) in [6.45, 7) is 3.21. The summed E-state index contributed by atoms with van der Waals surface area (Å²) in [6.07, 6.45) is 3.73. The van der Waals surface area contributed by atoms with Gasteiger partial charge in [-0.2, -0.15) is 9.59 Å². The van der Waals surface area contributed by atoms with Crippen molar-refractivity contribution in [3.63, 3.8) is 0 Å². The van der Waals surface area contributed by atoms with E-state index in [9.17, 15) is 4.79 Å². The predicted molar refractivity (Wildman–Crippen MR) is 58.5 cm³/mol. The Morgan fingerprint density at radius 3 is 2.44 bits per heavy atom. The van der Waals surface area contributed by atoms with Crippen molar-refractivity contribution in [2.75, 3.05) is 20.6 Å². The molecule has 1 saturated heterocycles. The van der Waals surface area contributed by atoms with Crippen LogP contribution in [0.2, 0.25) is 0 Å². The highest BCUT2D eigenvalue weighted by Crippen LogP contribution is 2.19. The van der Waals surface area contributed by atoms with Gasteiger partial charge in [-0.05, 0) is 25.3 Å². The first-order chi connectivity index (χ1) is 7.56. The Kier molecular flexibility index (Phi) is 7.42. The van der Waals surface area contributed by atoms with Crippen LogP contribution in [0.25, 0.3) is 0 Å². The van der Waals surface area contributed by atoms with Crippen LogP contribution in [0.15, 0.2) is 0 Å². The average molecular weight is 228 g/mol. The van der Waals surface area contributed by atoms with E-state index in [2.05, 4.69) is 12.2 Å². The molecular weight excluding hydrogens is 208 g/mol. The lowest BCUT2D eigenvalue weighted by Gasteiger charge is -2.15. The van der Waals surface area contributed by atoms with E-state index in [0.717, 1.165) is 13.0 Å². The molecule has 1 N–H and O–H groups in total. The van der Waals surface area contributed by atoms with Crippen LogP contribution in [0.1, 0.15) is 26.2 Å². The van der Waals surface area contributed by atoms with Gasteiger partial charge >= 0.3 is 6.15 Å². The van der Waals surface area contributed by atoms with Crippen molar-refractivity contribution in [1.29, 1.82) is 0 Å². The lowest BCUT2D eigenvalue weighted by Crippen LogP contribution is -2.39. The lowest BCUT2D eigenvalue weighted by atomic mass is 10.00. The van der Waals surface area contributed by atoms with E-state index < -0.39 is 0 Å². The van der Waals surface area contributed by atoms with Gasteiger partial charge in [0.2, 0.25) is 5.91 Å². The highest BCUT2D eigenvalue weighted by atomic mass is 16.2. The first kappa shape index (κ1) is 14.8. The summed E-state index contributed by atoms with van der Waals surface area (Å²) in [7, 11) is 3.63. The Morgan fingerprint density at radius 2 is 2.00 bits per heavy atom. The number of nitrogens with one attached hydrogen (secondary N) is 1. The molecule has 0 saturated carbocycles. The van der Waals surface area contributed by atoms with E-state index in [1.165, 1.54) is 12.8 Å². The second-order valence-electron chi connectivity index (χ2n) is 4.17. The lowest BCUT2D eigenvalue weighted by molar-refractivity contribution is -0.191. The fourth-order valence-electron chi connectivity index (χ4n) is 1.94. The van der Waals surface area contributed by atoms with Gasteiger partial charge in [0.25, 0.3) is 0 Å². The molecule has 0 aliphatic carbocycles. The molecule has 1 aliphatic rings. The summed E-state index contributed by atoms with van der Waals surface area (Å²) in [5.74, 6) is 0.928. The van der Waals surface area contributed by atoms with Gasteiger partial charge in [-0.15, -0.1) is 0 Å². The van der Waals surface area contributed by atoms with Gasteiger partial charge in [-0.1, -0.05) is 13.3 Å². The maximum Gasteiger partial charge on any atom is 0.373 e. The summed E-state index contributed by atoms with van der Waals surface area (Å²) < 4.78 is 0. The van der Waals surface area contributed by atoms with E-state index in [0.29, 0.717) is 5.92 Å². The van der Waals surface area contributed by atoms with E-state index in [4.69, 9.17) is 9.59 Å². The van der Waals surface area contributed by atoms with Crippen molar-refractivity contribution in [3.8, 4) is 0 Å². The van der Waals surface area contributed by atoms with Gasteiger partial charge in [0.15, 0.2) is 0 Å². The molecule has 1 heterocycles. The van der Waals surface area contributed by atoms with E-state index >= 15 is 0 Å². The van der Waals surface area contributed by atoms with Crippen LogP contribution in [0.5, 0.6) is 0 Å². The van der Waals surface area contributed by atoms with Gasteiger partial charge < -0.3 is 10.2 Å². The summed E-state index contributed by atoms with van der Waals surface area (Å²) in [5, 5.41) is 3.28. The number of rotatable bonds is 3. The Bertz CT molecular complexity index is 248. The monoisotopic (exact) mass is 228 g/mol. The van der Waals surface area contributed by atoms with Crippen LogP contribution in [0.3, 0.4) is 0 Å². The van der Waals surface area contributed by atoms with Crippen LogP contribution in [-0.4, -0.2) is 43.6 Å². The van der Waals surface area contributed by atoms with Gasteiger partial charge in [-0.25, -0.2) is 0 Å². The topological polar surface area (TPSA) is 66.5 Å². The van der Waals surface area contributed by atoms with Crippen molar-refractivity contribution in [3.05, 3.63) is 0 Å². The third-order valence-electron chi connectivity index (χ3n) is 2.66. The molecule has 0 spiro atoms. The molecule has 0 aromatic carbocycles. The second-order valence-corrected chi connectivity index (χ2v) is 4.17. The van der Waals surface area contributed by atoms with Gasteiger partial charge in [0.05, 0.1) is 6.04 Å². The van der Waals surface area contributed by atoms with Gasteiger partial charge in [0.1, 0.15) is 0 Å². The average Bonchev–Trinajstić information content (AvgIpc) is 2.67. The molecule has 0 radical (unpaired) electrons. The number of carbonyl (C=O) groups excluding carboxylic acids is 3. The Hall–Kier alpha value is -1.19. The Balaban J connectivity index is 0.000000673. The molecule has 1 rings (SSSR count). The fourth-order valence-corrected chi connectivity index (χ4v) is 1.94. The molecule has 0 aromatic heterocycles. The minimum Gasteiger partial charge on any atom is -0.347 e. The highest BCUT2D eigenvalue weighted by Gasteiger charge is 2.29. The SMILES string of the molecule is CCC[C@@H]1CN[C@H](C(=O)N(C)C)C1.O=C=O. The molecule has 5 nitrogen and oxygen atoms in total. The minimum absolute atomic E-state index is 0.0755. The third-order valence-corrected chi connectivity index (χ3v) is 2.66. The molecule has 92 valence electrons. The van der Waals surface area contributed by atoms with Gasteiger partial charge in [-0.3, -0.25) is 4.79 Å². The molecule has 5 heteroatoms. The standard InChI is InChI=1S/C10H20N2O.CO2/c1-4-5-8-6-9(11-7-8)10(13)12(2)3;2-1-3/h8-9,11H,4-7H2,1-3H3;/t8-,9-;/m0./s1. The molecule has 0 unspecified atom stereocenters. The van der Waals surface area contributed by atoms with E-state index in [1.54, 1.807) is 4.90 Å². The number of hydrogen-bond acceptors (Lipinski definition) is 4. The quantitative estimate of drug-likeness (QED) is 0.753. The number of amides is 1. The number of nitrogens with zero attached hydrogens (tertiary/aromatic N) is 1. The molecule has 0 bridgehead atoms. The number of carbonyl (C=O) groups is 1. The third kappa shape index (κ3) is 5.05. The van der Waals surface area contributed by atoms with Gasteiger partial charge in [0, 0.05) is 14.1 Å². The van der Waals surface area contributed by atoms with Crippen LogP contribution in [0, 0.1) is 5.92 Å². The zero-order chi connectivity index (χ0) is 12.6.